The van der Waals surface area contributed by atoms with Crippen molar-refractivity contribution in [2.45, 2.75) is 44.6 Å². The Morgan fingerprint density at radius 1 is 1.00 bits per heavy atom. The van der Waals surface area contributed by atoms with Gasteiger partial charge in [-0.3, -0.25) is 0 Å². The van der Waals surface area contributed by atoms with E-state index in [2.05, 4.69) is 4.72 Å². The van der Waals surface area contributed by atoms with Crippen LogP contribution in [-0.2, 0) is 24.0 Å². The monoisotopic (exact) mass is 331 g/mol. The van der Waals surface area contributed by atoms with Gasteiger partial charge >= 0.3 is 0 Å². The first kappa shape index (κ1) is 17.9. The Balaban J connectivity index is 2.29. The van der Waals surface area contributed by atoms with Crippen molar-refractivity contribution in [2.24, 2.45) is 0 Å². The molecule has 4 heteroatoms. The van der Waals surface area contributed by atoms with Crippen LogP contribution in [0.25, 0.3) is 0 Å². The van der Waals surface area contributed by atoms with Crippen LogP contribution in [0.4, 0.5) is 0 Å². The molecule has 0 fully saturated rings. The van der Waals surface area contributed by atoms with Crippen molar-refractivity contribution in [3.63, 3.8) is 0 Å². The van der Waals surface area contributed by atoms with Crippen LogP contribution in [0.3, 0.4) is 0 Å². The van der Waals surface area contributed by atoms with Crippen LogP contribution in [0.2, 0.25) is 0 Å². The molecule has 0 amide bonds. The van der Waals surface area contributed by atoms with Gasteiger partial charge in [0.1, 0.15) is 0 Å². The van der Waals surface area contributed by atoms with Crippen molar-refractivity contribution in [3.8, 4) is 0 Å². The number of hydrogen-bond acceptors (Lipinski definition) is 2. The first-order valence-electron chi connectivity index (χ1n) is 7.82. The summed E-state index contributed by atoms with van der Waals surface area (Å²) in [6.45, 7) is 5.89. The van der Waals surface area contributed by atoms with E-state index in [4.69, 9.17) is 0 Å². The minimum Gasteiger partial charge on any atom is -0.392 e. The number of aliphatic hydroxyl groups is 1. The van der Waals surface area contributed by atoms with E-state index in [1.54, 1.807) is 0 Å². The van der Waals surface area contributed by atoms with Gasteiger partial charge in [-0.2, -0.15) is 0 Å². The minimum atomic E-state index is -1.16. The maximum Gasteiger partial charge on any atom is 0.0976 e. The Hall–Kier alpha value is -1.49. The van der Waals surface area contributed by atoms with Crippen molar-refractivity contribution in [2.75, 3.05) is 0 Å². The van der Waals surface area contributed by atoms with Crippen LogP contribution in [0.1, 0.15) is 43.5 Å². The van der Waals surface area contributed by atoms with Gasteiger partial charge < -0.3 is 5.11 Å². The van der Waals surface area contributed by atoms with Gasteiger partial charge in [0, 0.05) is 6.04 Å². The second-order valence-corrected chi connectivity index (χ2v) is 8.59. The zero-order chi connectivity index (χ0) is 16.9. The van der Waals surface area contributed by atoms with E-state index in [1.807, 2.05) is 75.4 Å². The van der Waals surface area contributed by atoms with Gasteiger partial charge in [0.05, 0.1) is 22.3 Å². The summed E-state index contributed by atoms with van der Waals surface area (Å²) in [7, 11) is -1.16. The van der Waals surface area contributed by atoms with E-state index < -0.39 is 11.0 Å². The number of rotatable bonds is 6. The topological polar surface area (TPSA) is 49.3 Å². The summed E-state index contributed by atoms with van der Waals surface area (Å²) >= 11 is 0. The molecule has 0 radical (unpaired) electrons. The third-order valence-electron chi connectivity index (χ3n) is 3.72. The third-order valence-corrected chi connectivity index (χ3v) is 5.33. The fourth-order valence-electron chi connectivity index (χ4n) is 2.35. The molecule has 0 saturated heterocycles. The van der Waals surface area contributed by atoms with Gasteiger partial charge in [-0.1, -0.05) is 54.6 Å². The van der Waals surface area contributed by atoms with Crippen molar-refractivity contribution < 1.29 is 9.32 Å². The molecule has 2 N–H and O–H groups in total. The predicted molar refractivity (Wildman–Crippen MR) is 96.3 cm³/mol. The van der Waals surface area contributed by atoms with E-state index >= 15 is 0 Å². The molecule has 0 aliphatic carbocycles. The van der Waals surface area contributed by atoms with Gasteiger partial charge in [-0.15, -0.1) is 0 Å². The highest BCUT2D eigenvalue weighted by Crippen LogP contribution is 2.23. The molecule has 2 rings (SSSR count). The first-order valence-corrected chi connectivity index (χ1v) is 8.97. The molecule has 3 nitrogen and oxygen atoms in total. The van der Waals surface area contributed by atoms with Crippen molar-refractivity contribution >= 4 is 11.0 Å². The Bertz CT molecular complexity index is 650. The summed E-state index contributed by atoms with van der Waals surface area (Å²) in [5.41, 5.74) is 3.08. The Morgan fingerprint density at radius 2 is 1.57 bits per heavy atom. The second kappa shape index (κ2) is 7.86. The fraction of sp³-hybridized carbons (Fsp3) is 0.368. The Kier molecular flexibility index (Phi) is 6.10. The molecular formula is C19H25NO2S. The van der Waals surface area contributed by atoms with E-state index in [9.17, 15) is 9.32 Å². The predicted octanol–water partition coefficient (Wildman–Crippen LogP) is 3.51. The smallest absolute Gasteiger partial charge is 0.0976 e. The third kappa shape index (κ3) is 4.99. The van der Waals surface area contributed by atoms with Gasteiger partial charge in [0.25, 0.3) is 0 Å². The van der Waals surface area contributed by atoms with Crippen LogP contribution >= 0.6 is 0 Å². The lowest BCUT2D eigenvalue weighted by molar-refractivity contribution is 0.280. The average molecular weight is 331 g/mol. The zero-order valence-electron chi connectivity index (χ0n) is 14.0. The highest BCUT2D eigenvalue weighted by Gasteiger charge is 2.24. The molecule has 2 aromatic carbocycles. The van der Waals surface area contributed by atoms with E-state index in [0.717, 1.165) is 16.7 Å². The van der Waals surface area contributed by atoms with Crippen molar-refractivity contribution in [1.29, 1.82) is 0 Å². The highest BCUT2D eigenvalue weighted by molar-refractivity contribution is 7.84. The lowest BCUT2D eigenvalue weighted by atomic mass is 9.96. The summed E-state index contributed by atoms with van der Waals surface area (Å²) in [5.74, 6) is 0. The molecule has 23 heavy (non-hydrogen) atoms. The van der Waals surface area contributed by atoms with Crippen LogP contribution in [0.5, 0.6) is 0 Å². The zero-order valence-corrected chi connectivity index (χ0v) is 14.8. The maximum atomic E-state index is 12.5. The maximum absolute atomic E-state index is 12.5. The molecule has 1 unspecified atom stereocenters. The van der Waals surface area contributed by atoms with Gasteiger partial charge in [-0.05, 0) is 43.9 Å². The number of nitrogens with one attached hydrogen (secondary N) is 1. The van der Waals surface area contributed by atoms with Gasteiger partial charge in [0.15, 0.2) is 0 Å². The molecule has 0 aliphatic heterocycles. The molecule has 124 valence electrons. The van der Waals surface area contributed by atoms with Crippen molar-refractivity contribution in [1.82, 2.24) is 4.72 Å². The van der Waals surface area contributed by atoms with Crippen LogP contribution < -0.4 is 4.72 Å². The summed E-state index contributed by atoms with van der Waals surface area (Å²) in [4.78, 5) is 0. The standard InChI is InChI=1S/C19H25NO2S/c1-19(2,3)23(22)20-18(15-9-5-4-6-10-15)13-16-11-7-8-12-17(16)14-21/h4-12,18,20-21H,13-14H2,1-3H3/t18-,23?/m1/s1. The normalized spacial score (nSPS) is 14.4. The lowest BCUT2D eigenvalue weighted by Crippen LogP contribution is -2.36. The number of benzene rings is 2. The molecule has 2 aromatic rings. The van der Waals surface area contributed by atoms with Crippen molar-refractivity contribution in [3.05, 3.63) is 71.3 Å². The van der Waals surface area contributed by atoms with Gasteiger partial charge in [0.2, 0.25) is 0 Å². The van der Waals surface area contributed by atoms with Crippen LogP contribution in [0.15, 0.2) is 54.6 Å². The number of aliphatic hydroxyl groups excluding tert-OH is 1. The SMILES string of the molecule is CC(C)(C)S(=O)N[C@H](Cc1ccccc1CO)c1ccccc1. The largest absolute Gasteiger partial charge is 0.392 e. The highest BCUT2D eigenvalue weighted by atomic mass is 32.2. The summed E-state index contributed by atoms with van der Waals surface area (Å²) in [5, 5.41) is 9.53. The van der Waals surface area contributed by atoms with E-state index in [0.29, 0.717) is 6.42 Å². The minimum absolute atomic E-state index is 0.0139. The first-order chi connectivity index (χ1) is 10.9. The summed E-state index contributed by atoms with van der Waals surface area (Å²) in [6.07, 6.45) is 0.683. The molecule has 0 heterocycles. The lowest BCUT2D eigenvalue weighted by Gasteiger charge is -2.25. The Morgan fingerprint density at radius 3 is 2.13 bits per heavy atom. The average Bonchev–Trinajstić information content (AvgIpc) is 2.54. The quantitative estimate of drug-likeness (QED) is 0.851. The van der Waals surface area contributed by atoms with Crippen LogP contribution in [-0.4, -0.2) is 14.1 Å². The molecule has 0 aromatic heterocycles. The molecule has 0 bridgehead atoms. The van der Waals surface area contributed by atoms with E-state index in [-0.39, 0.29) is 17.4 Å². The fourth-order valence-corrected chi connectivity index (χ4v) is 3.18. The van der Waals surface area contributed by atoms with Crippen LogP contribution in [0, 0.1) is 0 Å². The molecule has 0 aliphatic rings. The molecule has 0 spiro atoms. The number of hydrogen-bond donors (Lipinski definition) is 2. The van der Waals surface area contributed by atoms with E-state index in [1.165, 1.54) is 0 Å². The molecule has 0 saturated carbocycles. The van der Waals surface area contributed by atoms with Gasteiger partial charge in [-0.25, -0.2) is 8.93 Å². The molecule has 2 atom stereocenters. The molecular weight excluding hydrogens is 306 g/mol. The second-order valence-electron chi connectivity index (χ2n) is 6.59. The summed E-state index contributed by atoms with van der Waals surface area (Å²) < 4.78 is 15.5. The summed E-state index contributed by atoms with van der Waals surface area (Å²) in [6, 6.07) is 17.8. The Labute approximate surface area is 141 Å².